The highest BCUT2D eigenvalue weighted by Gasteiger charge is 2.17. The Morgan fingerprint density at radius 1 is 0.875 bits per heavy atom. The average molecular weight is 446 g/mol. The zero-order valence-corrected chi connectivity index (χ0v) is 18.9. The summed E-state index contributed by atoms with van der Waals surface area (Å²) in [7, 11) is 1.67. The monoisotopic (exact) mass is 445 g/mol. The number of hydrogen-bond acceptors (Lipinski definition) is 10. The molecule has 1 fully saturated rings. The number of rotatable bonds is 15. The van der Waals surface area contributed by atoms with Gasteiger partial charge in [0.05, 0.1) is 33.5 Å². The Kier molecular flexibility index (Phi) is 10.2. The number of methoxy groups -OCH3 is 1. The first-order chi connectivity index (χ1) is 15.8. The third-order valence-electron chi connectivity index (χ3n) is 5.03. The van der Waals surface area contributed by atoms with Gasteiger partial charge in [0, 0.05) is 32.7 Å². The number of aromatic nitrogens is 3. The molecule has 1 aliphatic heterocycles. The van der Waals surface area contributed by atoms with Crippen molar-refractivity contribution in [3.63, 3.8) is 0 Å². The Morgan fingerprint density at radius 3 is 2.19 bits per heavy atom. The predicted molar refractivity (Wildman–Crippen MR) is 126 cm³/mol. The van der Waals surface area contributed by atoms with Gasteiger partial charge >= 0.3 is 0 Å². The maximum absolute atomic E-state index is 5.56. The molecule has 1 saturated heterocycles. The Balaban J connectivity index is 1.50. The van der Waals surface area contributed by atoms with Crippen LogP contribution in [0.25, 0.3) is 0 Å². The molecule has 1 aromatic carbocycles. The van der Waals surface area contributed by atoms with E-state index in [0.29, 0.717) is 57.4 Å². The minimum absolute atomic E-state index is 0.525. The average Bonchev–Trinajstić information content (AvgIpc) is 3.36. The molecule has 0 unspecified atom stereocenters. The molecule has 0 bridgehead atoms. The number of anilines is 3. The van der Waals surface area contributed by atoms with E-state index in [1.807, 2.05) is 12.1 Å². The number of nitrogens with one attached hydrogen (secondary N) is 2. The fourth-order valence-electron chi connectivity index (χ4n) is 3.33. The van der Waals surface area contributed by atoms with Crippen molar-refractivity contribution in [1.29, 1.82) is 0 Å². The smallest absolute Gasteiger partial charge is 0.231 e. The predicted octanol–water partition coefficient (Wildman–Crippen LogP) is 1.54. The van der Waals surface area contributed by atoms with Crippen LogP contribution in [0.15, 0.2) is 24.3 Å². The van der Waals surface area contributed by atoms with Gasteiger partial charge in [0.1, 0.15) is 5.75 Å². The molecule has 1 aromatic heterocycles. The molecule has 0 amide bonds. The second-order valence-electron chi connectivity index (χ2n) is 7.44. The molecule has 2 heterocycles. The minimum atomic E-state index is 0.525. The van der Waals surface area contributed by atoms with Crippen LogP contribution in [0, 0.1) is 0 Å². The van der Waals surface area contributed by atoms with Crippen molar-refractivity contribution < 1.29 is 14.2 Å². The quantitative estimate of drug-likeness (QED) is 0.348. The first-order valence-electron chi connectivity index (χ1n) is 11.3. The number of nitrogens with two attached hydrogens (primary N) is 1. The van der Waals surface area contributed by atoms with Crippen molar-refractivity contribution in [3.05, 3.63) is 29.8 Å². The van der Waals surface area contributed by atoms with Crippen molar-refractivity contribution in [2.75, 3.05) is 81.8 Å². The summed E-state index contributed by atoms with van der Waals surface area (Å²) in [5, 5.41) is 6.58. The van der Waals surface area contributed by atoms with Gasteiger partial charge in [-0.15, -0.1) is 0 Å². The highest BCUT2D eigenvalue weighted by molar-refractivity contribution is 5.44. The number of nitrogens with zero attached hydrogens (tertiary/aromatic N) is 4. The Hall–Kier alpha value is -2.69. The normalized spacial score (nSPS) is 13.4. The summed E-state index contributed by atoms with van der Waals surface area (Å²) in [6, 6.07) is 8.08. The van der Waals surface area contributed by atoms with Crippen molar-refractivity contribution in [2.45, 2.75) is 19.3 Å². The Morgan fingerprint density at radius 2 is 1.53 bits per heavy atom. The van der Waals surface area contributed by atoms with Gasteiger partial charge in [0.15, 0.2) is 0 Å². The molecule has 0 saturated carbocycles. The van der Waals surface area contributed by atoms with Crippen LogP contribution in [0.3, 0.4) is 0 Å². The molecule has 0 atom stereocenters. The third kappa shape index (κ3) is 8.10. The molecule has 1 aliphatic rings. The molecule has 10 heteroatoms. The van der Waals surface area contributed by atoms with E-state index in [2.05, 4.69) is 42.6 Å². The molecular weight excluding hydrogens is 410 g/mol. The van der Waals surface area contributed by atoms with Gasteiger partial charge < -0.3 is 35.5 Å². The zero-order chi connectivity index (χ0) is 22.4. The van der Waals surface area contributed by atoms with Crippen molar-refractivity contribution in [2.24, 2.45) is 5.73 Å². The van der Waals surface area contributed by atoms with E-state index in [9.17, 15) is 0 Å². The highest BCUT2D eigenvalue weighted by atomic mass is 16.5. The van der Waals surface area contributed by atoms with Crippen LogP contribution >= 0.6 is 0 Å². The molecular formula is C22H35N7O3. The van der Waals surface area contributed by atoms with Gasteiger partial charge in [-0.25, -0.2) is 0 Å². The Bertz CT molecular complexity index is 786. The van der Waals surface area contributed by atoms with E-state index in [4.69, 9.17) is 19.9 Å². The van der Waals surface area contributed by atoms with Gasteiger partial charge in [-0.05, 0) is 37.0 Å². The summed E-state index contributed by atoms with van der Waals surface area (Å²) >= 11 is 0. The molecule has 2 aromatic rings. The molecule has 10 nitrogen and oxygen atoms in total. The van der Waals surface area contributed by atoms with Crippen molar-refractivity contribution in [3.8, 4) is 5.75 Å². The van der Waals surface area contributed by atoms with E-state index >= 15 is 0 Å². The summed E-state index contributed by atoms with van der Waals surface area (Å²) in [6.45, 7) is 5.97. The lowest BCUT2D eigenvalue weighted by atomic mass is 10.1. The summed E-state index contributed by atoms with van der Waals surface area (Å²) < 4.78 is 16.1. The maximum Gasteiger partial charge on any atom is 0.231 e. The molecule has 4 N–H and O–H groups in total. The van der Waals surface area contributed by atoms with Gasteiger partial charge in [0.25, 0.3) is 0 Å². The van der Waals surface area contributed by atoms with E-state index in [1.54, 1.807) is 7.11 Å². The highest BCUT2D eigenvalue weighted by Crippen LogP contribution is 2.19. The standard InChI is InChI=1S/C22H35N7O3/c1-30-19-6-4-18(5-7-19)8-10-24-20-26-21(25-11-15-32-17-16-31-14-9-23)28-22(27-20)29-12-2-3-13-29/h4-7H,2-3,8-17,23H2,1H3,(H2,24,25,26,27,28). The van der Waals surface area contributed by atoms with Gasteiger partial charge in [0.2, 0.25) is 17.8 Å². The van der Waals surface area contributed by atoms with Crippen molar-refractivity contribution in [1.82, 2.24) is 15.0 Å². The molecule has 3 rings (SSSR count). The second kappa shape index (κ2) is 13.7. The minimum Gasteiger partial charge on any atom is -0.497 e. The molecule has 32 heavy (non-hydrogen) atoms. The number of ether oxygens (including phenoxy) is 3. The first-order valence-corrected chi connectivity index (χ1v) is 11.3. The third-order valence-corrected chi connectivity index (χ3v) is 5.03. The lowest BCUT2D eigenvalue weighted by Crippen LogP contribution is -2.23. The first kappa shape index (κ1) is 24.0. The number of benzene rings is 1. The van der Waals surface area contributed by atoms with Gasteiger partial charge in [-0.1, -0.05) is 12.1 Å². The van der Waals surface area contributed by atoms with Crippen LogP contribution in [0.5, 0.6) is 5.75 Å². The SMILES string of the molecule is COc1ccc(CCNc2nc(NCCOCCOCCN)nc(N3CCCC3)n2)cc1. The van der Waals surface area contributed by atoms with E-state index in [1.165, 1.54) is 5.56 Å². The number of hydrogen-bond donors (Lipinski definition) is 3. The van der Waals surface area contributed by atoms with Crippen LogP contribution < -0.4 is 26.0 Å². The molecule has 176 valence electrons. The van der Waals surface area contributed by atoms with Crippen molar-refractivity contribution >= 4 is 17.8 Å². The van der Waals surface area contributed by atoms with Crippen LogP contribution in [-0.4, -0.2) is 81.2 Å². The lowest BCUT2D eigenvalue weighted by Gasteiger charge is -2.17. The van der Waals surface area contributed by atoms with Gasteiger partial charge in [-0.3, -0.25) is 0 Å². The van der Waals surface area contributed by atoms with Gasteiger partial charge in [-0.2, -0.15) is 15.0 Å². The fraction of sp³-hybridized carbons (Fsp3) is 0.591. The van der Waals surface area contributed by atoms with E-state index < -0.39 is 0 Å². The molecule has 0 spiro atoms. The summed E-state index contributed by atoms with van der Waals surface area (Å²) in [5.41, 5.74) is 6.61. The van der Waals surface area contributed by atoms with Crippen LogP contribution in [0.4, 0.5) is 17.8 Å². The summed E-state index contributed by atoms with van der Waals surface area (Å²) in [5.74, 6) is 2.70. The summed E-state index contributed by atoms with van der Waals surface area (Å²) in [6.07, 6.45) is 3.18. The molecule has 0 radical (unpaired) electrons. The fourth-order valence-corrected chi connectivity index (χ4v) is 3.33. The van der Waals surface area contributed by atoms with Crippen LogP contribution in [0.1, 0.15) is 18.4 Å². The largest absolute Gasteiger partial charge is 0.497 e. The molecule has 0 aliphatic carbocycles. The second-order valence-corrected chi connectivity index (χ2v) is 7.44. The topological polar surface area (TPSA) is 120 Å². The Labute approximate surface area is 189 Å². The maximum atomic E-state index is 5.56. The van der Waals surface area contributed by atoms with E-state index in [0.717, 1.165) is 44.6 Å². The zero-order valence-electron chi connectivity index (χ0n) is 18.9. The van der Waals surface area contributed by atoms with Crippen LogP contribution in [0.2, 0.25) is 0 Å². The summed E-state index contributed by atoms with van der Waals surface area (Å²) in [4.78, 5) is 16.0. The lowest BCUT2D eigenvalue weighted by molar-refractivity contribution is 0.0547. The van der Waals surface area contributed by atoms with Crippen LogP contribution in [-0.2, 0) is 15.9 Å². The van der Waals surface area contributed by atoms with E-state index in [-0.39, 0.29) is 0 Å².